The first-order valence-electron chi connectivity index (χ1n) is 9.86. The van der Waals surface area contributed by atoms with Gasteiger partial charge in [0, 0.05) is 30.1 Å². The van der Waals surface area contributed by atoms with Gasteiger partial charge in [-0.3, -0.25) is 4.79 Å². The molecule has 1 aliphatic rings. The number of nitrogens with one attached hydrogen (secondary N) is 1. The molecule has 0 unspecified atom stereocenters. The second kappa shape index (κ2) is 8.04. The molecule has 4 rings (SSSR count). The van der Waals surface area contributed by atoms with Gasteiger partial charge in [0.25, 0.3) is 0 Å². The van der Waals surface area contributed by atoms with Gasteiger partial charge in [0.05, 0.1) is 10.4 Å². The third-order valence-corrected chi connectivity index (χ3v) is 6.48. The number of nitrogens with two attached hydrogens (primary N) is 1. The SMILES string of the molecule is Cc1cc(N2CCC(C(=O)Nc3ccc(S(N)(=O)=O)cc3)CC2)nc2ccccc12. The van der Waals surface area contributed by atoms with Gasteiger partial charge in [0.2, 0.25) is 15.9 Å². The Bertz CT molecular complexity index is 1180. The molecule has 30 heavy (non-hydrogen) atoms. The van der Waals surface area contributed by atoms with E-state index in [0.29, 0.717) is 5.69 Å². The molecule has 0 radical (unpaired) electrons. The molecule has 8 heteroatoms. The molecular weight excluding hydrogens is 400 g/mol. The van der Waals surface area contributed by atoms with Crippen LogP contribution in [0.3, 0.4) is 0 Å². The molecule has 1 aromatic heterocycles. The van der Waals surface area contributed by atoms with Crippen LogP contribution in [0.25, 0.3) is 10.9 Å². The van der Waals surface area contributed by atoms with E-state index in [0.717, 1.165) is 42.7 Å². The van der Waals surface area contributed by atoms with Crippen LogP contribution in [0.15, 0.2) is 59.5 Å². The highest BCUT2D eigenvalue weighted by Crippen LogP contribution is 2.27. The summed E-state index contributed by atoms with van der Waals surface area (Å²) >= 11 is 0. The van der Waals surface area contributed by atoms with E-state index < -0.39 is 10.0 Å². The van der Waals surface area contributed by atoms with Gasteiger partial charge in [-0.1, -0.05) is 18.2 Å². The summed E-state index contributed by atoms with van der Waals surface area (Å²) in [5.74, 6) is 0.796. The van der Waals surface area contributed by atoms with Crippen molar-refractivity contribution in [1.29, 1.82) is 0 Å². The standard InChI is InChI=1S/C22H24N4O3S/c1-15-14-21(25-20-5-3-2-4-19(15)20)26-12-10-16(11-13-26)22(27)24-17-6-8-18(9-7-17)30(23,28)29/h2-9,14,16H,10-13H2,1H3,(H,24,27)(H2,23,28,29). The van der Waals surface area contributed by atoms with Crippen molar-refractivity contribution < 1.29 is 13.2 Å². The maximum atomic E-state index is 12.6. The van der Waals surface area contributed by atoms with Gasteiger partial charge in [-0.05, 0) is 61.7 Å². The number of sulfonamides is 1. The molecule has 1 saturated heterocycles. The lowest BCUT2D eigenvalue weighted by Gasteiger charge is -2.32. The maximum absolute atomic E-state index is 12.6. The van der Waals surface area contributed by atoms with E-state index >= 15 is 0 Å². The molecule has 7 nitrogen and oxygen atoms in total. The number of hydrogen-bond acceptors (Lipinski definition) is 5. The zero-order valence-electron chi connectivity index (χ0n) is 16.7. The smallest absolute Gasteiger partial charge is 0.238 e. The minimum absolute atomic E-state index is 0.0204. The summed E-state index contributed by atoms with van der Waals surface area (Å²) in [4.78, 5) is 19.7. The number of para-hydroxylation sites is 1. The van der Waals surface area contributed by atoms with Gasteiger partial charge >= 0.3 is 0 Å². The van der Waals surface area contributed by atoms with Gasteiger partial charge in [0.15, 0.2) is 0 Å². The number of hydrogen-bond donors (Lipinski definition) is 2. The Morgan fingerprint density at radius 2 is 1.77 bits per heavy atom. The number of nitrogens with zero attached hydrogens (tertiary/aromatic N) is 2. The van der Waals surface area contributed by atoms with Crippen molar-refractivity contribution >= 4 is 38.3 Å². The zero-order valence-corrected chi connectivity index (χ0v) is 17.5. The lowest BCUT2D eigenvalue weighted by atomic mass is 9.95. The first-order chi connectivity index (χ1) is 14.3. The van der Waals surface area contributed by atoms with Crippen LogP contribution in [-0.4, -0.2) is 32.4 Å². The number of piperidine rings is 1. The number of benzene rings is 2. The molecule has 1 aliphatic heterocycles. The van der Waals surface area contributed by atoms with Crippen LogP contribution in [0.1, 0.15) is 18.4 Å². The summed E-state index contributed by atoms with van der Waals surface area (Å²) in [6.07, 6.45) is 1.46. The third-order valence-electron chi connectivity index (χ3n) is 5.55. The Labute approximate surface area is 176 Å². The van der Waals surface area contributed by atoms with Crippen molar-refractivity contribution in [1.82, 2.24) is 4.98 Å². The highest BCUT2D eigenvalue weighted by Gasteiger charge is 2.26. The van der Waals surface area contributed by atoms with Crippen molar-refractivity contribution in [2.75, 3.05) is 23.3 Å². The number of carbonyl (C=O) groups excluding carboxylic acids is 1. The van der Waals surface area contributed by atoms with Crippen LogP contribution in [0.2, 0.25) is 0 Å². The highest BCUT2D eigenvalue weighted by molar-refractivity contribution is 7.89. The molecule has 156 valence electrons. The van der Waals surface area contributed by atoms with Gasteiger partial charge in [-0.2, -0.15) is 0 Å². The number of primary sulfonamides is 1. The highest BCUT2D eigenvalue weighted by atomic mass is 32.2. The van der Waals surface area contributed by atoms with Crippen LogP contribution in [0.5, 0.6) is 0 Å². The maximum Gasteiger partial charge on any atom is 0.238 e. The summed E-state index contributed by atoms with van der Waals surface area (Å²) in [6, 6.07) is 16.1. The minimum Gasteiger partial charge on any atom is -0.357 e. The topological polar surface area (TPSA) is 105 Å². The van der Waals surface area contributed by atoms with Crippen LogP contribution < -0.4 is 15.4 Å². The molecule has 0 spiro atoms. The second-order valence-electron chi connectivity index (χ2n) is 7.63. The number of anilines is 2. The van der Waals surface area contributed by atoms with Crippen LogP contribution in [-0.2, 0) is 14.8 Å². The molecule has 0 saturated carbocycles. The fourth-order valence-electron chi connectivity index (χ4n) is 3.84. The molecule has 2 heterocycles. The Hall–Kier alpha value is -2.97. The monoisotopic (exact) mass is 424 g/mol. The van der Waals surface area contributed by atoms with E-state index in [4.69, 9.17) is 10.1 Å². The van der Waals surface area contributed by atoms with Crippen molar-refractivity contribution in [3.63, 3.8) is 0 Å². The Morgan fingerprint density at radius 3 is 2.43 bits per heavy atom. The summed E-state index contributed by atoms with van der Waals surface area (Å²) < 4.78 is 22.7. The molecule has 3 N–H and O–H groups in total. The average molecular weight is 425 g/mol. The van der Waals surface area contributed by atoms with Crippen molar-refractivity contribution in [2.24, 2.45) is 11.1 Å². The molecule has 3 aromatic rings. The van der Waals surface area contributed by atoms with Crippen molar-refractivity contribution in [3.8, 4) is 0 Å². The van der Waals surface area contributed by atoms with Crippen molar-refractivity contribution in [3.05, 3.63) is 60.2 Å². The van der Waals surface area contributed by atoms with Crippen LogP contribution >= 0.6 is 0 Å². The lowest BCUT2D eigenvalue weighted by Crippen LogP contribution is -2.38. The predicted molar refractivity (Wildman–Crippen MR) is 118 cm³/mol. The Morgan fingerprint density at radius 1 is 1.10 bits per heavy atom. The fraction of sp³-hybridized carbons (Fsp3) is 0.273. The Balaban J connectivity index is 1.39. The van der Waals surface area contributed by atoms with Gasteiger partial charge < -0.3 is 10.2 Å². The fourth-order valence-corrected chi connectivity index (χ4v) is 4.35. The molecule has 2 aromatic carbocycles. The van der Waals surface area contributed by atoms with E-state index in [-0.39, 0.29) is 16.7 Å². The first-order valence-corrected chi connectivity index (χ1v) is 11.4. The van der Waals surface area contributed by atoms with Gasteiger partial charge in [-0.15, -0.1) is 0 Å². The Kier molecular flexibility index (Phi) is 5.44. The summed E-state index contributed by atoms with van der Waals surface area (Å²) in [5, 5.41) is 9.13. The van der Waals surface area contributed by atoms with Gasteiger partial charge in [0.1, 0.15) is 5.82 Å². The molecule has 1 amide bonds. The minimum atomic E-state index is -3.74. The van der Waals surface area contributed by atoms with Crippen LogP contribution in [0, 0.1) is 12.8 Å². The molecule has 0 bridgehead atoms. The molecule has 1 fully saturated rings. The molecule has 0 aliphatic carbocycles. The third kappa shape index (κ3) is 4.29. The van der Waals surface area contributed by atoms with E-state index in [1.807, 2.05) is 18.2 Å². The number of amides is 1. The van der Waals surface area contributed by atoms with E-state index in [2.05, 4.69) is 29.3 Å². The lowest BCUT2D eigenvalue weighted by molar-refractivity contribution is -0.120. The van der Waals surface area contributed by atoms with E-state index in [1.54, 1.807) is 12.1 Å². The number of aryl methyl sites for hydroxylation is 1. The number of aromatic nitrogens is 1. The van der Waals surface area contributed by atoms with Crippen molar-refractivity contribution in [2.45, 2.75) is 24.7 Å². The quantitative estimate of drug-likeness (QED) is 0.670. The van der Waals surface area contributed by atoms with E-state index in [1.165, 1.54) is 17.7 Å². The normalized spacial score (nSPS) is 15.3. The number of fused-ring (bicyclic) bond motifs is 1. The number of carbonyl (C=O) groups is 1. The molecular formula is C22H24N4O3S. The number of pyridine rings is 1. The van der Waals surface area contributed by atoms with E-state index in [9.17, 15) is 13.2 Å². The average Bonchev–Trinajstić information content (AvgIpc) is 2.73. The molecule has 0 atom stereocenters. The predicted octanol–water partition coefficient (Wildman–Crippen LogP) is 3.05. The largest absolute Gasteiger partial charge is 0.357 e. The summed E-state index contributed by atoms with van der Waals surface area (Å²) in [7, 11) is -3.74. The van der Waals surface area contributed by atoms with Crippen LogP contribution in [0.4, 0.5) is 11.5 Å². The zero-order chi connectivity index (χ0) is 21.3. The number of rotatable bonds is 4. The summed E-state index contributed by atoms with van der Waals surface area (Å²) in [5.41, 5.74) is 2.73. The summed E-state index contributed by atoms with van der Waals surface area (Å²) in [6.45, 7) is 3.61. The van der Waals surface area contributed by atoms with Gasteiger partial charge in [-0.25, -0.2) is 18.5 Å². The second-order valence-corrected chi connectivity index (χ2v) is 9.20. The first kappa shape index (κ1) is 20.3.